The molecule has 0 spiro atoms. The Hall–Kier alpha value is -1.14. The molecule has 2 aromatic carbocycles. The molecule has 0 aliphatic carbocycles. The van der Waals surface area contributed by atoms with E-state index in [-0.39, 0.29) is 5.82 Å². The molecular weight excluding hydrogens is 407 g/mol. The second-order valence-electron chi connectivity index (χ2n) is 6.11. The van der Waals surface area contributed by atoms with E-state index in [1.165, 1.54) is 12.1 Å². The lowest BCUT2D eigenvalue weighted by Gasteiger charge is -2.14. The molecule has 0 aliphatic rings. The molecule has 2 rings (SSSR count). The van der Waals surface area contributed by atoms with Gasteiger partial charge in [0.05, 0.1) is 5.02 Å². The Bertz CT molecular complexity index is 697. The Morgan fingerprint density at radius 1 is 1.16 bits per heavy atom. The molecule has 0 fully saturated rings. The van der Waals surface area contributed by atoms with Crippen molar-refractivity contribution in [3.63, 3.8) is 0 Å². The van der Waals surface area contributed by atoms with Crippen LogP contribution in [0.5, 0.6) is 5.75 Å². The van der Waals surface area contributed by atoms with E-state index < -0.39 is 0 Å². The fourth-order valence-electron chi connectivity index (χ4n) is 2.36. The van der Waals surface area contributed by atoms with Gasteiger partial charge in [-0.3, -0.25) is 0 Å². The summed E-state index contributed by atoms with van der Waals surface area (Å²) in [6.07, 6.45) is 1.09. The fraction of sp³-hybridized carbons (Fsp3) is 0.368. The highest BCUT2D eigenvalue weighted by atomic mass is 79.9. The molecule has 0 unspecified atom stereocenters. The molecule has 2 aromatic rings. The van der Waals surface area contributed by atoms with Gasteiger partial charge in [-0.05, 0) is 63.9 Å². The summed E-state index contributed by atoms with van der Waals surface area (Å²) < 4.78 is 20.1. The summed E-state index contributed by atoms with van der Waals surface area (Å²) in [6.45, 7) is 3.01. The molecule has 0 bridgehead atoms. The summed E-state index contributed by atoms with van der Waals surface area (Å²) in [6, 6.07) is 10.3. The highest BCUT2D eigenvalue weighted by molar-refractivity contribution is 9.10. The van der Waals surface area contributed by atoms with Crippen LogP contribution >= 0.6 is 27.5 Å². The summed E-state index contributed by atoms with van der Waals surface area (Å²) in [7, 11) is 4.14. The van der Waals surface area contributed by atoms with Gasteiger partial charge < -0.3 is 15.0 Å². The number of benzene rings is 2. The van der Waals surface area contributed by atoms with Crippen LogP contribution in [0.1, 0.15) is 17.5 Å². The molecule has 6 heteroatoms. The van der Waals surface area contributed by atoms with Crippen LogP contribution < -0.4 is 10.1 Å². The Balaban J connectivity index is 1.95. The SMILES string of the molecule is CN(C)CCCNCc1cc(Br)ccc1OCc1ccc(F)cc1Cl. The van der Waals surface area contributed by atoms with Crippen molar-refractivity contribution in [2.75, 3.05) is 27.2 Å². The van der Waals surface area contributed by atoms with E-state index >= 15 is 0 Å². The van der Waals surface area contributed by atoms with Gasteiger partial charge in [0.25, 0.3) is 0 Å². The molecule has 0 aliphatic heterocycles. The van der Waals surface area contributed by atoms with Gasteiger partial charge in [-0.2, -0.15) is 0 Å². The van der Waals surface area contributed by atoms with Crippen molar-refractivity contribution in [3.05, 3.63) is 62.8 Å². The van der Waals surface area contributed by atoms with E-state index in [0.29, 0.717) is 11.6 Å². The topological polar surface area (TPSA) is 24.5 Å². The van der Waals surface area contributed by atoms with Crippen LogP contribution in [0.15, 0.2) is 40.9 Å². The number of nitrogens with zero attached hydrogens (tertiary/aromatic N) is 1. The average Bonchev–Trinajstić information content (AvgIpc) is 2.55. The zero-order chi connectivity index (χ0) is 18.2. The summed E-state index contributed by atoms with van der Waals surface area (Å²) in [5.41, 5.74) is 1.83. The van der Waals surface area contributed by atoms with E-state index in [2.05, 4.69) is 40.2 Å². The van der Waals surface area contributed by atoms with Gasteiger partial charge in [-0.25, -0.2) is 4.39 Å². The number of hydrogen-bond donors (Lipinski definition) is 1. The minimum absolute atomic E-state index is 0.300. The van der Waals surface area contributed by atoms with Crippen molar-refractivity contribution in [1.29, 1.82) is 0 Å². The summed E-state index contributed by atoms with van der Waals surface area (Å²) in [4.78, 5) is 2.17. The number of ether oxygens (including phenoxy) is 1. The monoisotopic (exact) mass is 428 g/mol. The lowest BCUT2D eigenvalue weighted by Crippen LogP contribution is -2.21. The maximum atomic E-state index is 13.1. The third-order valence-electron chi connectivity index (χ3n) is 3.70. The molecular formula is C19H23BrClFN2O. The van der Waals surface area contributed by atoms with Crippen molar-refractivity contribution < 1.29 is 9.13 Å². The highest BCUT2D eigenvalue weighted by Gasteiger charge is 2.08. The summed E-state index contributed by atoms with van der Waals surface area (Å²) >= 11 is 9.56. The lowest BCUT2D eigenvalue weighted by atomic mass is 10.2. The van der Waals surface area contributed by atoms with E-state index in [0.717, 1.165) is 47.4 Å². The average molecular weight is 430 g/mol. The second-order valence-corrected chi connectivity index (χ2v) is 7.43. The van der Waals surface area contributed by atoms with Crippen molar-refractivity contribution in [2.45, 2.75) is 19.6 Å². The Kier molecular flexibility index (Phi) is 8.16. The van der Waals surface area contributed by atoms with Crippen molar-refractivity contribution in [2.24, 2.45) is 0 Å². The first-order chi connectivity index (χ1) is 12.0. The van der Waals surface area contributed by atoms with E-state index in [4.69, 9.17) is 16.3 Å². The van der Waals surface area contributed by atoms with Crippen LogP contribution in [0.25, 0.3) is 0 Å². The van der Waals surface area contributed by atoms with Crippen LogP contribution in [0.2, 0.25) is 5.02 Å². The first-order valence-electron chi connectivity index (χ1n) is 8.16. The minimum Gasteiger partial charge on any atom is -0.489 e. The zero-order valence-corrected chi connectivity index (χ0v) is 16.8. The van der Waals surface area contributed by atoms with E-state index in [9.17, 15) is 4.39 Å². The largest absolute Gasteiger partial charge is 0.489 e. The van der Waals surface area contributed by atoms with Crippen molar-refractivity contribution >= 4 is 27.5 Å². The molecule has 1 N–H and O–H groups in total. The molecule has 0 heterocycles. The maximum absolute atomic E-state index is 13.1. The third-order valence-corrected chi connectivity index (χ3v) is 4.54. The maximum Gasteiger partial charge on any atom is 0.124 e. The smallest absolute Gasteiger partial charge is 0.124 e. The molecule has 25 heavy (non-hydrogen) atoms. The van der Waals surface area contributed by atoms with E-state index in [1.54, 1.807) is 6.07 Å². The van der Waals surface area contributed by atoms with Gasteiger partial charge >= 0.3 is 0 Å². The quantitative estimate of drug-likeness (QED) is 0.576. The number of halogens is 3. The van der Waals surface area contributed by atoms with Gasteiger partial charge in [0.2, 0.25) is 0 Å². The Labute approximate surface area is 162 Å². The van der Waals surface area contributed by atoms with Gasteiger partial charge in [0.1, 0.15) is 18.2 Å². The predicted molar refractivity (Wildman–Crippen MR) is 105 cm³/mol. The van der Waals surface area contributed by atoms with Gasteiger partial charge in [0, 0.05) is 22.1 Å². The van der Waals surface area contributed by atoms with Crippen molar-refractivity contribution in [1.82, 2.24) is 10.2 Å². The molecule has 0 atom stereocenters. The van der Waals surface area contributed by atoms with Crippen LogP contribution in [0.4, 0.5) is 4.39 Å². The Morgan fingerprint density at radius 3 is 2.68 bits per heavy atom. The fourth-order valence-corrected chi connectivity index (χ4v) is 2.99. The summed E-state index contributed by atoms with van der Waals surface area (Å²) in [5.74, 6) is 0.448. The molecule has 0 saturated carbocycles. The van der Waals surface area contributed by atoms with E-state index in [1.807, 2.05) is 18.2 Å². The van der Waals surface area contributed by atoms with Gasteiger partial charge in [-0.1, -0.05) is 33.6 Å². The van der Waals surface area contributed by atoms with Gasteiger partial charge in [0.15, 0.2) is 0 Å². The van der Waals surface area contributed by atoms with Crippen LogP contribution in [0, 0.1) is 5.82 Å². The molecule has 0 aromatic heterocycles. The highest BCUT2D eigenvalue weighted by Crippen LogP contribution is 2.25. The van der Waals surface area contributed by atoms with Crippen molar-refractivity contribution in [3.8, 4) is 5.75 Å². The zero-order valence-electron chi connectivity index (χ0n) is 14.5. The minimum atomic E-state index is -0.347. The molecule has 0 amide bonds. The Morgan fingerprint density at radius 2 is 1.96 bits per heavy atom. The third kappa shape index (κ3) is 6.94. The standard InChI is InChI=1S/C19H23BrClFN2O/c1-24(2)9-3-8-23-12-15-10-16(20)5-7-19(15)25-13-14-4-6-17(22)11-18(14)21/h4-7,10-11,23H,3,8-9,12-13H2,1-2H3. The second kappa shape index (κ2) is 10.1. The summed E-state index contributed by atoms with van der Waals surface area (Å²) in [5, 5.41) is 3.81. The number of rotatable bonds is 9. The first kappa shape index (κ1) is 20.2. The van der Waals surface area contributed by atoms with Crippen LogP contribution in [-0.2, 0) is 13.2 Å². The first-order valence-corrected chi connectivity index (χ1v) is 9.33. The number of nitrogens with one attached hydrogen (secondary N) is 1. The lowest BCUT2D eigenvalue weighted by molar-refractivity contribution is 0.302. The predicted octanol–water partition coefficient (Wildman–Crippen LogP) is 4.86. The molecule has 0 radical (unpaired) electrons. The normalized spacial score (nSPS) is 11.1. The molecule has 3 nitrogen and oxygen atoms in total. The van der Waals surface area contributed by atoms with Crippen LogP contribution in [-0.4, -0.2) is 32.1 Å². The number of hydrogen-bond acceptors (Lipinski definition) is 3. The molecule has 136 valence electrons. The van der Waals surface area contributed by atoms with Crippen LogP contribution in [0.3, 0.4) is 0 Å². The molecule has 0 saturated heterocycles. The van der Waals surface area contributed by atoms with Gasteiger partial charge in [-0.15, -0.1) is 0 Å².